The van der Waals surface area contributed by atoms with E-state index in [2.05, 4.69) is 0 Å². The van der Waals surface area contributed by atoms with Crippen molar-refractivity contribution in [1.29, 1.82) is 0 Å². The molecule has 0 radical (unpaired) electrons. The van der Waals surface area contributed by atoms with Crippen LogP contribution in [-0.4, -0.2) is 24.5 Å². The highest BCUT2D eigenvalue weighted by molar-refractivity contribution is 5.94. The molecular formula is C17H21NO3. The maximum Gasteiger partial charge on any atom is 0.254 e. The Labute approximate surface area is 125 Å². The van der Waals surface area contributed by atoms with E-state index in [0.29, 0.717) is 12.2 Å². The van der Waals surface area contributed by atoms with Gasteiger partial charge in [0.2, 0.25) is 0 Å². The van der Waals surface area contributed by atoms with Crippen LogP contribution in [0.25, 0.3) is 0 Å². The molecule has 1 aromatic heterocycles. The maximum absolute atomic E-state index is 12.5. The fourth-order valence-corrected chi connectivity index (χ4v) is 2.20. The van der Waals surface area contributed by atoms with Crippen LogP contribution >= 0.6 is 0 Å². The average Bonchev–Trinajstić information content (AvgIpc) is 3.01. The Hall–Kier alpha value is -2.23. The zero-order valence-corrected chi connectivity index (χ0v) is 12.9. The van der Waals surface area contributed by atoms with Gasteiger partial charge >= 0.3 is 0 Å². The van der Waals surface area contributed by atoms with Crippen molar-refractivity contribution in [2.75, 3.05) is 13.7 Å². The number of carbonyl (C=O) groups is 1. The number of amides is 1. The second kappa shape index (κ2) is 6.48. The summed E-state index contributed by atoms with van der Waals surface area (Å²) in [4.78, 5) is 14.2. The topological polar surface area (TPSA) is 42.7 Å². The molecule has 4 nitrogen and oxygen atoms in total. The van der Waals surface area contributed by atoms with E-state index < -0.39 is 0 Å². The van der Waals surface area contributed by atoms with Crippen LogP contribution in [0.5, 0.6) is 5.75 Å². The minimum Gasteiger partial charge on any atom is -0.494 e. The molecule has 0 aliphatic rings. The maximum atomic E-state index is 12.5. The fourth-order valence-electron chi connectivity index (χ4n) is 2.20. The van der Waals surface area contributed by atoms with E-state index in [4.69, 9.17) is 9.15 Å². The largest absolute Gasteiger partial charge is 0.494 e. The van der Waals surface area contributed by atoms with Crippen molar-refractivity contribution < 1.29 is 13.9 Å². The van der Waals surface area contributed by atoms with Gasteiger partial charge in [-0.25, -0.2) is 0 Å². The molecule has 0 unspecified atom stereocenters. The van der Waals surface area contributed by atoms with Gasteiger partial charge in [0.05, 0.1) is 18.9 Å². The van der Waals surface area contributed by atoms with Crippen molar-refractivity contribution in [3.8, 4) is 5.75 Å². The highest BCUT2D eigenvalue weighted by Gasteiger charge is 2.21. The molecule has 2 rings (SSSR count). The minimum absolute atomic E-state index is 0.0370. The molecule has 112 valence electrons. The summed E-state index contributed by atoms with van der Waals surface area (Å²) in [6.45, 7) is 6.44. The number of benzene rings is 1. The summed E-state index contributed by atoms with van der Waals surface area (Å²) in [6, 6.07) is 9.09. The van der Waals surface area contributed by atoms with E-state index in [0.717, 1.165) is 17.1 Å². The van der Waals surface area contributed by atoms with Crippen molar-refractivity contribution in [2.45, 2.75) is 26.8 Å². The van der Waals surface area contributed by atoms with Gasteiger partial charge in [0.25, 0.3) is 5.91 Å². The zero-order chi connectivity index (χ0) is 15.4. The number of nitrogens with zero attached hydrogens (tertiary/aromatic N) is 1. The molecule has 1 atom stereocenters. The smallest absolute Gasteiger partial charge is 0.254 e. The first-order valence-electron chi connectivity index (χ1n) is 7.08. The summed E-state index contributed by atoms with van der Waals surface area (Å²) in [5, 5.41) is 0. The van der Waals surface area contributed by atoms with Gasteiger partial charge in [0, 0.05) is 12.6 Å². The Morgan fingerprint density at radius 3 is 2.71 bits per heavy atom. The van der Waals surface area contributed by atoms with Crippen molar-refractivity contribution in [3.05, 3.63) is 53.5 Å². The molecule has 0 spiro atoms. The minimum atomic E-state index is -0.112. The SMILES string of the molecule is CCOc1ccc(C(=O)N(C)[C@H](C)c2ccco2)cc1C. The van der Waals surface area contributed by atoms with Crippen LogP contribution in [0.15, 0.2) is 41.0 Å². The number of aryl methyl sites for hydroxylation is 1. The van der Waals surface area contributed by atoms with Gasteiger partial charge in [-0.05, 0) is 56.7 Å². The molecule has 0 fully saturated rings. The lowest BCUT2D eigenvalue weighted by atomic mass is 10.1. The first-order chi connectivity index (χ1) is 10.0. The Morgan fingerprint density at radius 1 is 1.38 bits per heavy atom. The second-order valence-electron chi connectivity index (χ2n) is 5.02. The number of rotatable bonds is 5. The number of ether oxygens (including phenoxy) is 1. The lowest BCUT2D eigenvalue weighted by Crippen LogP contribution is -2.29. The number of carbonyl (C=O) groups excluding carboxylic acids is 1. The standard InChI is InChI=1S/C17H21NO3/c1-5-20-15-9-8-14(11-12(15)2)17(19)18(4)13(3)16-7-6-10-21-16/h6-11,13H,5H2,1-4H3/t13-/m1/s1. The number of hydrogen-bond acceptors (Lipinski definition) is 3. The van der Waals surface area contributed by atoms with Gasteiger partial charge in [-0.2, -0.15) is 0 Å². The van der Waals surface area contributed by atoms with Gasteiger partial charge in [0.1, 0.15) is 11.5 Å². The average molecular weight is 287 g/mol. The summed E-state index contributed by atoms with van der Waals surface area (Å²) in [7, 11) is 1.78. The Morgan fingerprint density at radius 2 is 2.14 bits per heavy atom. The predicted molar refractivity (Wildman–Crippen MR) is 81.6 cm³/mol. The third-order valence-corrected chi connectivity index (χ3v) is 3.58. The fraction of sp³-hybridized carbons (Fsp3) is 0.353. The molecule has 0 bridgehead atoms. The molecule has 4 heteroatoms. The van der Waals surface area contributed by atoms with Gasteiger partial charge in [-0.1, -0.05) is 0 Å². The van der Waals surface area contributed by atoms with E-state index in [9.17, 15) is 4.79 Å². The van der Waals surface area contributed by atoms with Crippen molar-refractivity contribution in [2.24, 2.45) is 0 Å². The molecular weight excluding hydrogens is 266 g/mol. The molecule has 21 heavy (non-hydrogen) atoms. The number of furan rings is 1. The third kappa shape index (κ3) is 3.27. The normalized spacial score (nSPS) is 12.0. The third-order valence-electron chi connectivity index (χ3n) is 3.58. The molecule has 1 aromatic carbocycles. The van der Waals surface area contributed by atoms with E-state index >= 15 is 0 Å². The van der Waals surface area contributed by atoms with Crippen LogP contribution in [0.4, 0.5) is 0 Å². The Bertz CT molecular complexity index is 605. The molecule has 0 aliphatic heterocycles. The Balaban J connectivity index is 2.17. The summed E-state index contributed by atoms with van der Waals surface area (Å²) in [6.07, 6.45) is 1.62. The summed E-state index contributed by atoms with van der Waals surface area (Å²) in [5.74, 6) is 1.55. The van der Waals surface area contributed by atoms with Crippen molar-refractivity contribution in [1.82, 2.24) is 4.90 Å². The van der Waals surface area contributed by atoms with E-state index in [1.807, 2.05) is 45.0 Å². The van der Waals surface area contributed by atoms with Gasteiger partial charge in [0.15, 0.2) is 0 Å². The van der Waals surface area contributed by atoms with Crippen LogP contribution < -0.4 is 4.74 Å². The van der Waals surface area contributed by atoms with Gasteiger partial charge in [-0.3, -0.25) is 4.79 Å². The second-order valence-corrected chi connectivity index (χ2v) is 5.02. The first-order valence-corrected chi connectivity index (χ1v) is 7.08. The molecule has 0 aliphatic carbocycles. The van der Waals surface area contributed by atoms with Crippen LogP contribution in [0.1, 0.15) is 41.6 Å². The van der Waals surface area contributed by atoms with Crippen LogP contribution in [0, 0.1) is 6.92 Å². The quantitative estimate of drug-likeness (QED) is 0.839. The molecule has 2 aromatic rings. The highest BCUT2D eigenvalue weighted by atomic mass is 16.5. The molecule has 0 N–H and O–H groups in total. The number of hydrogen-bond donors (Lipinski definition) is 0. The van der Waals surface area contributed by atoms with Gasteiger partial charge < -0.3 is 14.1 Å². The molecule has 1 amide bonds. The molecule has 1 heterocycles. The van der Waals surface area contributed by atoms with E-state index in [-0.39, 0.29) is 11.9 Å². The monoisotopic (exact) mass is 287 g/mol. The van der Waals surface area contributed by atoms with Crippen LogP contribution in [-0.2, 0) is 0 Å². The molecule has 0 saturated carbocycles. The van der Waals surface area contributed by atoms with Crippen LogP contribution in [0.3, 0.4) is 0 Å². The first kappa shape index (κ1) is 15.2. The lowest BCUT2D eigenvalue weighted by Gasteiger charge is -2.23. The summed E-state index contributed by atoms with van der Waals surface area (Å²) >= 11 is 0. The molecule has 0 saturated heterocycles. The summed E-state index contributed by atoms with van der Waals surface area (Å²) < 4.78 is 10.9. The van der Waals surface area contributed by atoms with Crippen molar-refractivity contribution >= 4 is 5.91 Å². The van der Waals surface area contributed by atoms with Crippen molar-refractivity contribution in [3.63, 3.8) is 0 Å². The van der Waals surface area contributed by atoms with Gasteiger partial charge in [-0.15, -0.1) is 0 Å². The van der Waals surface area contributed by atoms with E-state index in [1.54, 1.807) is 24.3 Å². The van der Waals surface area contributed by atoms with Crippen LogP contribution in [0.2, 0.25) is 0 Å². The summed E-state index contributed by atoms with van der Waals surface area (Å²) in [5.41, 5.74) is 1.61. The Kier molecular flexibility index (Phi) is 4.68. The van der Waals surface area contributed by atoms with E-state index in [1.165, 1.54) is 0 Å². The zero-order valence-electron chi connectivity index (χ0n) is 12.9. The predicted octanol–water partition coefficient (Wildman–Crippen LogP) is 3.82. The lowest BCUT2D eigenvalue weighted by molar-refractivity contribution is 0.0726. The highest BCUT2D eigenvalue weighted by Crippen LogP contribution is 2.24.